The van der Waals surface area contributed by atoms with E-state index in [-0.39, 0.29) is 0 Å². The van der Waals surface area contributed by atoms with Gasteiger partial charge < -0.3 is 5.32 Å². The van der Waals surface area contributed by atoms with Gasteiger partial charge in [-0.15, -0.1) is 0 Å². The number of pyridine rings is 1. The number of nitrogens with one attached hydrogen (secondary N) is 1. The molecule has 0 atom stereocenters. The fourth-order valence-electron chi connectivity index (χ4n) is 2.62. The summed E-state index contributed by atoms with van der Waals surface area (Å²) in [7, 11) is 0. The summed E-state index contributed by atoms with van der Waals surface area (Å²) in [4.78, 5) is 3.99. The molecule has 2 aromatic rings. The number of benzene rings is 1. The summed E-state index contributed by atoms with van der Waals surface area (Å²) in [6.07, 6.45) is 6.51. The number of nitrogens with zero attached hydrogens (tertiary/aromatic N) is 2. The molecule has 94 valence electrons. The van der Waals surface area contributed by atoms with E-state index in [4.69, 9.17) is 5.26 Å². The topological polar surface area (TPSA) is 48.7 Å². The van der Waals surface area contributed by atoms with Crippen molar-refractivity contribution in [2.75, 3.05) is 5.32 Å². The molecule has 3 heteroatoms. The normalized spacial score (nSPS) is 13.4. The van der Waals surface area contributed by atoms with Gasteiger partial charge in [0, 0.05) is 17.6 Å². The molecule has 3 rings (SSSR count). The van der Waals surface area contributed by atoms with E-state index in [1.165, 1.54) is 30.4 Å². The Morgan fingerprint density at radius 3 is 2.95 bits per heavy atom. The Balaban J connectivity index is 1.93. The molecule has 0 radical (unpaired) electrons. The Labute approximate surface area is 112 Å². The Kier molecular flexibility index (Phi) is 3.16. The van der Waals surface area contributed by atoms with E-state index in [2.05, 4.69) is 34.6 Å². The average Bonchev–Trinajstić information content (AvgIpc) is 2.48. The van der Waals surface area contributed by atoms with Crippen LogP contribution >= 0.6 is 0 Å². The maximum Gasteiger partial charge on any atom is 0.142 e. The fourth-order valence-corrected chi connectivity index (χ4v) is 2.62. The largest absolute Gasteiger partial charge is 0.355 e. The monoisotopic (exact) mass is 249 g/mol. The average molecular weight is 249 g/mol. The van der Waals surface area contributed by atoms with Crippen LogP contribution in [0.15, 0.2) is 36.5 Å². The number of hydrogen-bond donors (Lipinski definition) is 1. The molecule has 0 spiro atoms. The number of aryl methyl sites for hydroxylation is 1. The molecule has 0 bridgehead atoms. The van der Waals surface area contributed by atoms with Crippen LogP contribution in [0.3, 0.4) is 0 Å². The Bertz CT molecular complexity index is 641. The number of rotatable bonds is 2. The highest BCUT2D eigenvalue weighted by molar-refractivity contribution is 5.65. The van der Waals surface area contributed by atoms with Crippen LogP contribution in [0.25, 0.3) is 0 Å². The van der Waals surface area contributed by atoms with Crippen molar-refractivity contribution >= 4 is 11.4 Å². The summed E-state index contributed by atoms with van der Waals surface area (Å²) in [6, 6.07) is 12.2. The molecule has 3 nitrogen and oxygen atoms in total. The van der Waals surface area contributed by atoms with E-state index in [1.54, 1.807) is 12.3 Å². The molecule has 0 aliphatic heterocycles. The number of fused-ring (bicyclic) bond motifs is 1. The van der Waals surface area contributed by atoms with Crippen LogP contribution in [0.1, 0.15) is 29.7 Å². The Hall–Kier alpha value is -2.34. The van der Waals surface area contributed by atoms with E-state index in [1.807, 2.05) is 6.07 Å². The van der Waals surface area contributed by atoms with Crippen molar-refractivity contribution < 1.29 is 0 Å². The first-order valence-corrected chi connectivity index (χ1v) is 6.61. The summed E-state index contributed by atoms with van der Waals surface area (Å²) < 4.78 is 0. The predicted octanol–water partition coefficient (Wildman–Crippen LogP) is 3.58. The predicted molar refractivity (Wildman–Crippen MR) is 75.3 cm³/mol. The molecule has 0 amide bonds. The maximum absolute atomic E-state index is 8.88. The highest BCUT2D eigenvalue weighted by Crippen LogP contribution is 2.29. The molecule has 19 heavy (non-hydrogen) atoms. The molecule has 0 saturated carbocycles. The SMILES string of the molecule is N#Cc1cc(Nc2cccc3c2CCCC3)ccn1. The van der Waals surface area contributed by atoms with Crippen LogP contribution in [-0.2, 0) is 12.8 Å². The van der Waals surface area contributed by atoms with Crippen LogP contribution in [-0.4, -0.2) is 4.98 Å². The molecular formula is C16H15N3. The Morgan fingerprint density at radius 1 is 1.16 bits per heavy atom. The van der Waals surface area contributed by atoms with Gasteiger partial charge in [0.25, 0.3) is 0 Å². The molecule has 1 aromatic carbocycles. The summed E-state index contributed by atoms with van der Waals surface area (Å²) >= 11 is 0. The third-order valence-corrected chi connectivity index (χ3v) is 3.55. The third-order valence-electron chi connectivity index (χ3n) is 3.55. The standard InChI is InChI=1S/C16H15N3/c17-11-14-10-13(8-9-18-14)19-16-7-3-5-12-4-1-2-6-15(12)16/h3,5,7-10H,1-2,4,6H2,(H,18,19). The second kappa shape index (κ2) is 5.11. The first kappa shape index (κ1) is 11.7. The molecule has 1 heterocycles. The van der Waals surface area contributed by atoms with Crippen LogP contribution in [0, 0.1) is 11.3 Å². The summed E-state index contributed by atoms with van der Waals surface area (Å²) in [5, 5.41) is 12.3. The summed E-state index contributed by atoms with van der Waals surface area (Å²) in [6.45, 7) is 0. The first-order chi connectivity index (χ1) is 9.36. The smallest absolute Gasteiger partial charge is 0.142 e. The van der Waals surface area contributed by atoms with Crippen LogP contribution in [0.5, 0.6) is 0 Å². The van der Waals surface area contributed by atoms with Crippen LogP contribution in [0.2, 0.25) is 0 Å². The number of anilines is 2. The molecule has 1 aliphatic carbocycles. The third kappa shape index (κ3) is 2.43. The highest BCUT2D eigenvalue weighted by Gasteiger charge is 2.12. The molecule has 0 fully saturated rings. The Morgan fingerprint density at radius 2 is 2.05 bits per heavy atom. The minimum Gasteiger partial charge on any atom is -0.355 e. The van der Waals surface area contributed by atoms with Gasteiger partial charge >= 0.3 is 0 Å². The van der Waals surface area contributed by atoms with E-state index in [0.29, 0.717) is 5.69 Å². The van der Waals surface area contributed by atoms with Crippen molar-refractivity contribution in [3.63, 3.8) is 0 Å². The van der Waals surface area contributed by atoms with Gasteiger partial charge in [-0.25, -0.2) is 4.98 Å². The lowest BCUT2D eigenvalue weighted by molar-refractivity contribution is 0.687. The maximum atomic E-state index is 8.88. The van der Waals surface area contributed by atoms with Crippen LogP contribution in [0.4, 0.5) is 11.4 Å². The van der Waals surface area contributed by atoms with Gasteiger partial charge in [-0.2, -0.15) is 5.26 Å². The minimum atomic E-state index is 0.440. The van der Waals surface area contributed by atoms with Crippen molar-refractivity contribution in [1.82, 2.24) is 4.98 Å². The zero-order valence-electron chi connectivity index (χ0n) is 10.7. The van der Waals surface area contributed by atoms with Crippen molar-refractivity contribution in [3.8, 4) is 6.07 Å². The molecule has 0 saturated heterocycles. The molecule has 0 unspecified atom stereocenters. The zero-order valence-corrected chi connectivity index (χ0v) is 10.7. The van der Waals surface area contributed by atoms with E-state index in [0.717, 1.165) is 17.8 Å². The van der Waals surface area contributed by atoms with Crippen molar-refractivity contribution in [2.45, 2.75) is 25.7 Å². The first-order valence-electron chi connectivity index (χ1n) is 6.61. The van der Waals surface area contributed by atoms with Gasteiger partial charge in [0.15, 0.2) is 0 Å². The number of nitriles is 1. The molecular weight excluding hydrogens is 234 g/mol. The van der Waals surface area contributed by atoms with Crippen molar-refractivity contribution in [2.24, 2.45) is 0 Å². The second-order valence-corrected chi connectivity index (χ2v) is 4.82. The number of hydrogen-bond acceptors (Lipinski definition) is 3. The highest BCUT2D eigenvalue weighted by atomic mass is 14.9. The van der Waals surface area contributed by atoms with Crippen molar-refractivity contribution in [3.05, 3.63) is 53.3 Å². The lowest BCUT2D eigenvalue weighted by atomic mass is 9.90. The van der Waals surface area contributed by atoms with Gasteiger partial charge in [0.2, 0.25) is 0 Å². The summed E-state index contributed by atoms with van der Waals surface area (Å²) in [5.41, 5.74) is 5.39. The van der Waals surface area contributed by atoms with Gasteiger partial charge in [-0.05, 0) is 55.0 Å². The van der Waals surface area contributed by atoms with E-state index in [9.17, 15) is 0 Å². The fraction of sp³-hybridized carbons (Fsp3) is 0.250. The minimum absolute atomic E-state index is 0.440. The number of aromatic nitrogens is 1. The van der Waals surface area contributed by atoms with Gasteiger partial charge in [0.05, 0.1) is 0 Å². The second-order valence-electron chi connectivity index (χ2n) is 4.82. The van der Waals surface area contributed by atoms with Gasteiger partial charge in [-0.1, -0.05) is 12.1 Å². The van der Waals surface area contributed by atoms with E-state index >= 15 is 0 Å². The molecule has 1 N–H and O–H groups in total. The van der Waals surface area contributed by atoms with Gasteiger partial charge in [0.1, 0.15) is 11.8 Å². The lowest BCUT2D eigenvalue weighted by Gasteiger charge is -2.20. The lowest BCUT2D eigenvalue weighted by Crippen LogP contribution is -2.06. The van der Waals surface area contributed by atoms with Gasteiger partial charge in [-0.3, -0.25) is 0 Å². The summed E-state index contributed by atoms with van der Waals surface area (Å²) in [5.74, 6) is 0. The zero-order chi connectivity index (χ0) is 13.1. The van der Waals surface area contributed by atoms with Crippen molar-refractivity contribution in [1.29, 1.82) is 5.26 Å². The van der Waals surface area contributed by atoms with Crippen LogP contribution < -0.4 is 5.32 Å². The molecule has 1 aliphatic rings. The quantitative estimate of drug-likeness (QED) is 0.885. The molecule has 1 aromatic heterocycles. The van der Waals surface area contributed by atoms with E-state index < -0.39 is 0 Å².